The Labute approximate surface area is 137 Å². The summed E-state index contributed by atoms with van der Waals surface area (Å²) in [5.41, 5.74) is 1.73. The summed E-state index contributed by atoms with van der Waals surface area (Å²) in [4.78, 5) is 22.9. The quantitative estimate of drug-likeness (QED) is 0.508. The van der Waals surface area contributed by atoms with Gasteiger partial charge in [-0.15, -0.1) is 11.8 Å². The molecule has 1 amide bonds. The van der Waals surface area contributed by atoms with Crippen LogP contribution in [0.3, 0.4) is 0 Å². The molecular weight excluding hydrogens is 319 g/mol. The highest BCUT2D eigenvalue weighted by molar-refractivity contribution is 8.00. The number of hydrogen-bond acceptors (Lipinski definition) is 4. The van der Waals surface area contributed by atoms with Crippen LogP contribution in [-0.4, -0.2) is 16.6 Å². The van der Waals surface area contributed by atoms with Crippen LogP contribution in [0, 0.1) is 29.8 Å². The summed E-state index contributed by atoms with van der Waals surface area (Å²) in [5, 5.41) is 13.1. The van der Waals surface area contributed by atoms with E-state index in [9.17, 15) is 19.3 Å². The van der Waals surface area contributed by atoms with Gasteiger partial charge in [-0.2, -0.15) is 0 Å². The highest BCUT2D eigenvalue weighted by Crippen LogP contribution is 2.25. The molecular formula is C16H15FN2O3S. The average Bonchev–Trinajstić information content (AvgIpc) is 2.48. The Morgan fingerprint density at radius 3 is 2.65 bits per heavy atom. The third-order valence-corrected chi connectivity index (χ3v) is 4.30. The minimum Gasteiger partial charge on any atom is -0.323 e. The van der Waals surface area contributed by atoms with Gasteiger partial charge < -0.3 is 5.32 Å². The molecule has 0 aliphatic rings. The summed E-state index contributed by atoms with van der Waals surface area (Å²) in [7, 11) is 0. The number of rotatable bonds is 5. The van der Waals surface area contributed by atoms with Crippen molar-refractivity contribution in [1.82, 2.24) is 0 Å². The van der Waals surface area contributed by atoms with E-state index in [1.807, 2.05) is 32.0 Å². The maximum atomic E-state index is 13.6. The highest BCUT2D eigenvalue weighted by Gasteiger charge is 2.13. The molecule has 0 fully saturated rings. The fraction of sp³-hybridized carbons (Fsp3) is 0.188. The monoisotopic (exact) mass is 334 g/mol. The first-order valence-electron chi connectivity index (χ1n) is 6.80. The smallest absolute Gasteiger partial charge is 0.271 e. The Morgan fingerprint density at radius 1 is 1.26 bits per heavy atom. The second-order valence-electron chi connectivity index (χ2n) is 5.03. The van der Waals surface area contributed by atoms with Crippen LogP contribution in [0.5, 0.6) is 0 Å². The topological polar surface area (TPSA) is 72.2 Å². The van der Waals surface area contributed by atoms with Gasteiger partial charge in [0, 0.05) is 17.0 Å². The molecule has 0 spiro atoms. The molecule has 1 N–H and O–H groups in total. The van der Waals surface area contributed by atoms with Crippen molar-refractivity contribution in [3.63, 3.8) is 0 Å². The molecule has 0 aliphatic carbocycles. The van der Waals surface area contributed by atoms with Crippen LogP contribution in [0.1, 0.15) is 11.1 Å². The molecule has 0 bridgehead atoms. The Morgan fingerprint density at radius 2 is 2.00 bits per heavy atom. The summed E-state index contributed by atoms with van der Waals surface area (Å²) in [5.74, 6) is -1.04. The predicted octanol–water partition coefficient (Wildman–Crippen LogP) is 4.08. The van der Waals surface area contributed by atoms with E-state index in [1.165, 1.54) is 11.8 Å². The normalized spacial score (nSPS) is 10.4. The fourth-order valence-corrected chi connectivity index (χ4v) is 2.82. The molecule has 2 aromatic carbocycles. The number of thioether (sulfide) groups is 1. The van der Waals surface area contributed by atoms with Gasteiger partial charge >= 0.3 is 0 Å². The van der Waals surface area contributed by atoms with Gasteiger partial charge in [0.1, 0.15) is 5.82 Å². The van der Waals surface area contributed by atoms with Crippen LogP contribution in [0.15, 0.2) is 41.3 Å². The summed E-state index contributed by atoms with van der Waals surface area (Å²) in [6.45, 7) is 3.94. The van der Waals surface area contributed by atoms with Crippen molar-refractivity contribution in [2.45, 2.75) is 18.7 Å². The molecule has 0 saturated heterocycles. The number of halogens is 1. The van der Waals surface area contributed by atoms with E-state index in [2.05, 4.69) is 5.32 Å². The highest BCUT2D eigenvalue weighted by atomic mass is 32.2. The number of carbonyl (C=O) groups is 1. The molecule has 0 atom stereocenters. The fourth-order valence-electron chi connectivity index (χ4n) is 2.01. The zero-order valence-electron chi connectivity index (χ0n) is 12.6. The first-order chi connectivity index (χ1) is 10.9. The van der Waals surface area contributed by atoms with Crippen LogP contribution >= 0.6 is 11.8 Å². The first kappa shape index (κ1) is 17.0. The number of nitrogens with zero attached hydrogens (tertiary/aromatic N) is 1. The zero-order valence-corrected chi connectivity index (χ0v) is 13.4. The molecule has 2 rings (SSSR count). The minimum absolute atomic E-state index is 0.0893. The lowest BCUT2D eigenvalue weighted by Gasteiger charge is -2.08. The van der Waals surface area contributed by atoms with Crippen molar-refractivity contribution in [3.8, 4) is 0 Å². The molecule has 0 aromatic heterocycles. The van der Waals surface area contributed by atoms with E-state index in [-0.39, 0.29) is 17.1 Å². The summed E-state index contributed by atoms with van der Waals surface area (Å²) >= 11 is 1.33. The number of benzene rings is 2. The number of nitro groups is 1. The van der Waals surface area contributed by atoms with E-state index < -0.39 is 16.6 Å². The number of nitro benzene ring substituents is 1. The maximum absolute atomic E-state index is 13.6. The number of nitrogens with one attached hydrogen (secondary N) is 1. The first-order valence-corrected chi connectivity index (χ1v) is 7.79. The van der Waals surface area contributed by atoms with Crippen LogP contribution < -0.4 is 5.32 Å². The van der Waals surface area contributed by atoms with Gasteiger partial charge in [0.15, 0.2) is 0 Å². The molecule has 0 saturated carbocycles. The summed E-state index contributed by atoms with van der Waals surface area (Å²) in [6, 6.07) is 8.92. The number of non-ortho nitro benzene ring substituents is 1. The number of aryl methyl sites for hydroxylation is 2. The van der Waals surface area contributed by atoms with Crippen LogP contribution in [0.2, 0.25) is 0 Å². The van der Waals surface area contributed by atoms with E-state index >= 15 is 0 Å². The van der Waals surface area contributed by atoms with Gasteiger partial charge in [-0.3, -0.25) is 14.9 Å². The van der Waals surface area contributed by atoms with Crippen molar-refractivity contribution in [3.05, 3.63) is 63.5 Å². The van der Waals surface area contributed by atoms with Crippen molar-refractivity contribution in [2.75, 3.05) is 11.1 Å². The lowest BCUT2D eigenvalue weighted by molar-refractivity contribution is -0.384. The third-order valence-electron chi connectivity index (χ3n) is 3.12. The van der Waals surface area contributed by atoms with E-state index in [1.54, 1.807) is 0 Å². The van der Waals surface area contributed by atoms with Crippen LogP contribution in [-0.2, 0) is 4.79 Å². The van der Waals surface area contributed by atoms with Crippen molar-refractivity contribution < 1.29 is 14.1 Å². The van der Waals surface area contributed by atoms with E-state index in [0.29, 0.717) is 0 Å². The lowest BCUT2D eigenvalue weighted by atomic mass is 10.2. The Bertz CT molecular complexity index is 765. The van der Waals surface area contributed by atoms with Gasteiger partial charge in [-0.1, -0.05) is 17.7 Å². The second-order valence-corrected chi connectivity index (χ2v) is 6.04. The third kappa shape index (κ3) is 4.53. The van der Waals surface area contributed by atoms with Gasteiger partial charge in [-0.25, -0.2) is 4.39 Å². The Kier molecular flexibility index (Phi) is 5.33. The van der Waals surface area contributed by atoms with E-state index in [0.717, 1.165) is 34.2 Å². The maximum Gasteiger partial charge on any atom is 0.271 e. The molecule has 120 valence electrons. The number of amides is 1. The van der Waals surface area contributed by atoms with Gasteiger partial charge in [0.2, 0.25) is 5.91 Å². The SMILES string of the molecule is Cc1ccc(SCC(=O)Nc2cc([N+](=O)[O-])ccc2F)c(C)c1. The molecule has 0 unspecified atom stereocenters. The van der Waals surface area contributed by atoms with E-state index in [4.69, 9.17) is 0 Å². The van der Waals surface area contributed by atoms with Gasteiger partial charge in [-0.05, 0) is 31.5 Å². The molecule has 7 heteroatoms. The average molecular weight is 334 g/mol. The standard InChI is InChI=1S/C16H15FN2O3S/c1-10-3-6-15(11(2)7-10)23-9-16(20)18-14-8-12(19(21)22)4-5-13(14)17/h3-8H,9H2,1-2H3,(H,18,20). The Hall–Kier alpha value is -2.41. The second kappa shape index (κ2) is 7.23. The number of carbonyl (C=O) groups excluding carboxylic acids is 1. The largest absolute Gasteiger partial charge is 0.323 e. The van der Waals surface area contributed by atoms with Crippen LogP contribution in [0.25, 0.3) is 0 Å². The molecule has 5 nitrogen and oxygen atoms in total. The molecule has 0 heterocycles. The van der Waals surface area contributed by atoms with Crippen molar-refractivity contribution in [1.29, 1.82) is 0 Å². The van der Waals surface area contributed by atoms with Crippen molar-refractivity contribution >= 4 is 29.0 Å². The number of hydrogen-bond donors (Lipinski definition) is 1. The van der Waals surface area contributed by atoms with Gasteiger partial charge in [0.25, 0.3) is 5.69 Å². The minimum atomic E-state index is -0.708. The van der Waals surface area contributed by atoms with Gasteiger partial charge in [0.05, 0.1) is 16.4 Å². The predicted molar refractivity (Wildman–Crippen MR) is 88.3 cm³/mol. The zero-order chi connectivity index (χ0) is 17.0. The molecule has 2 aromatic rings. The summed E-state index contributed by atoms with van der Waals surface area (Å²) in [6.07, 6.45) is 0. The summed E-state index contributed by atoms with van der Waals surface area (Å²) < 4.78 is 13.6. The molecule has 0 radical (unpaired) electrons. The van der Waals surface area contributed by atoms with Crippen molar-refractivity contribution in [2.24, 2.45) is 0 Å². The molecule has 23 heavy (non-hydrogen) atoms. The lowest BCUT2D eigenvalue weighted by Crippen LogP contribution is -2.15. The number of anilines is 1. The van der Waals surface area contributed by atoms with Crippen LogP contribution in [0.4, 0.5) is 15.8 Å². The Balaban J connectivity index is 2.02. The molecule has 0 aliphatic heterocycles.